The van der Waals surface area contributed by atoms with Crippen molar-refractivity contribution < 1.29 is 26.4 Å². The van der Waals surface area contributed by atoms with E-state index >= 15 is 0 Å². The van der Waals surface area contributed by atoms with E-state index in [2.05, 4.69) is 5.32 Å². The largest absolute Gasteiger partial charge is 0.501 e. The van der Waals surface area contributed by atoms with E-state index in [1.807, 2.05) is 0 Å². The molecule has 0 saturated heterocycles. The van der Waals surface area contributed by atoms with Crippen molar-refractivity contribution >= 4 is 15.7 Å². The lowest BCUT2D eigenvalue weighted by atomic mass is 10.4. The van der Waals surface area contributed by atoms with Gasteiger partial charge in [-0.2, -0.15) is 13.2 Å². The summed E-state index contributed by atoms with van der Waals surface area (Å²) in [5.41, 5.74) is -5.40. The van der Waals surface area contributed by atoms with Crippen LogP contribution in [0.25, 0.3) is 0 Å². The van der Waals surface area contributed by atoms with Crippen molar-refractivity contribution in [3.8, 4) is 0 Å². The molecule has 4 nitrogen and oxygen atoms in total. The number of rotatable bonds is 1. The molecule has 1 rings (SSSR count). The van der Waals surface area contributed by atoms with E-state index in [-0.39, 0.29) is 0 Å². The minimum absolute atomic E-state index is 0.322. The molecule has 0 aromatic carbocycles. The molecule has 0 aliphatic carbocycles. The van der Waals surface area contributed by atoms with Crippen LogP contribution in [0.5, 0.6) is 0 Å². The Labute approximate surface area is 77.0 Å². The maximum atomic E-state index is 11.9. The van der Waals surface area contributed by atoms with Gasteiger partial charge in [0.1, 0.15) is 0 Å². The maximum absolute atomic E-state index is 11.9. The lowest BCUT2D eigenvalue weighted by Gasteiger charge is -2.09. The molecule has 0 atom stereocenters. The van der Waals surface area contributed by atoms with Crippen LogP contribution in [0.1, 0.15) is 0 Å². The molecule has 1 radical (unpaired) electrons. The quantitative estimate of drug-likeness (QED) is 0.652. The Morgan fingerprint density at radius 3 is 2.29 bits per heavy atom. The van der Waals surface area contributed by atoms with E-state index in [9.17, 15) is 26.4 Å². The van der Waals surface area contributed by atoms with E-state index in [1.54, 1.807) is 0 Å². The van der Waals surface area contributed by atoms with Gasteiger partial charge < -0.3 is 0 Å². The van der Waals surface area contributed by atoms with Crippen molar-refractivity contribution in [3.05, 3.63) is 23.3 Å². The fraction of sp³-hybridized carbons (Fsp3) is 0.167. The van der Waals surface area contributed by atoms with Gasteiger partial charge in [0, 0.05) is 12.3 Å². The van der Waals surface area contributed by atoms with Crippen LogP contribution in [0.3, 0.4) is 0 Å². The molecule has 0 bridgehead atoms. The fourth-order valence-electron chi connectivity index (χ4n) is 0.692. The van der Waals surface area contributed by atoms with Crippen molar-refractivity contribution in [2.45, 2.75) is 5.51 Å². The van der Waals surface area contributed by atoms with Crippen molar-refractivity contribution in [2.24, 2.45) is 0 Å². The number of alkyl halides is 3. The molecule has 14 heavy (non-hydrogen) atoms. The van der Waals surface area contributed by atoms with Gasteiger partial charge in [-0.15, -0.1) is 0 Å². The van der Waals surface area contributed by atoms with Gasteiger partial charge in [-0.05, 0) is 6.08 Å². The summed E-state index contributed by atoms with van der Waals surface area (Å²) in [6.07, 6.45) is 1.65. The molecule has 1 aliphatic heterocycles. The van der Waals surface area contributed by atoms with E-state index < -0.39 is 26.2 Å². The topological polar surface area (TPSA) is 65.3 Å². The van der Waals surface area contributed by atoms with Gasteiger partial charge in [0.15, 0.2) is 0 Å². The van der Waals surface area contributed by atoms with E-state index in [4.69, 9.17) is 0 Å². The highest BCUT2D eigenvalue weighted by molar-refractivity contribution is 7.96. The number of carbonyl (C=O) groups excluding carboxylic acids is 1. The number of hydrogen-bond acceptors (Lipinski definition) is 3. The predicted molar refractivity (Wildman–Crippen MR) is 39.3 cm³/mol. The molecule has 0 spiro atoms. The first-order valence-corrected chi connectivity index (χ1v) is 4.68. The monoisotopic (exact) mass is 226 g/mol. The molecule has 0 aromatic rings. The summed E-state index contributed by atoms with van der Waals surface area (Å²) < 4.78 is 57.2. The molecule has 8 heteroatoms. The van der Waals surface area contributed by atoms with Crippen LogP contribution in [-0.4, -0.2) is 19.8 Å². The summed E-state index contributed by atoms with van der Waals surface area (Å²) in [5, 5.41) is 3.05. The van der Waals surface area contributed by atoms with Crippen molar-refractivity contribution in [2.75, 3.05) is 0 Å². The summed E-state index contributed by atoms with van der Waals surface area (Å²) in [6.45, 7) is 0. The summed E-state index contributed by atoms with van der Waals surface area (Å²) in [6, 6.07) is 0. The Balaban J connectivity index is 3.19. The third-order valence-corrected chi connectivity index (χ3v) is 2.81. The molecule has 0 unspecified atom stereocenters. The molecule has 0 saturated carbocycles. The van der Waals surface area contributed by atoms with Gasteiger partial charge in [0.05, 0.1) is 4.91 Å². The standard InChI is InChI=1S/C6H3F3NO3S/c7-6(8,9)14(12,13)4-1-2-10-5(11)3-4/h1-3H. The van der Waals surface area contributed by atoms with Crippen molar-refractivity contribution in [3.63, 3.8) is 0 Å². The number of hydrogen-bond donors (Lipinski definition) is 0. The number of allylic oxidation sites excluding steroid dienone is 1. The number of halogens is 3. The smallest absolute Gasteiger partial charge is 0.267 e. The van der Waals surface area contributed by atoms with E-state index in [1.165, 1.54) is 0 Å². The van der Waals surface area contributed by atoms with Crippen molar-refractivity contribution in [1.29, 1.82) is 0 Å². The molecular weight excluding hydrogens is 223 g/mol. The van der Waals surface area contributed by atoms with Gasteiger partial charge in [-0.25, -0.2) is 13.7 Å². The summed E-state index contributed by atoms with van der Waals surface area (Å²) in [7, 11) is -5.44. The SMILES string of the molecule is O=C1C=C(S(=O)(=O)C(F)(F)F)C=C[N]1. The Morgan fingerprint density at radius 1 is 1.29 bits per heavy atom. The highest BCUT2D eigenvalue weighted by Gasteiger charge is 2.48. The van der Waals surface area contributed by atoms with Crippen LogP contribution >= 0.6 is 0 Å². The van der Waals surface area contributed by atoms with E-state index in [0.29, 0.717) is 18.4 Å². The first kappa shape index (κ1) is 10.8. The zero-order valence-corrected chi connectivity index (χ0v) is 7.26. The third kappa shape index (κ3) is 1.79. The van der Waals surface area contributed by atoms with Crippen LogP contribution in [0.2, 0.25) is 0 Å². The second kappa shape index (κ2) is 3.12. The summed E-state index contributed by atoms with van der Waals surface area (Å²) in [5.74, 6) is -1.03. The van der Waals surface area contributed by atoms with Gasteiger partial charge in [-0.3, -0.25) is 4.79 Å². The highest BCUT2D eigenvalue weighted by Crippen LogP contribution is 2.30. The third-order valence-electron chi connectivity index (χ3n) is 1.32. The van der Waals surface area contributed by atoms with Gasteiger partial charge in [-0.1, -0.05) is 0 Å². The van der Waals surface area contributed by atoms with Crippen LogP contribution < -0.4 is 5.32 Å². The highest BCUT2D eigenvalue weighted by atomic mass is 32.2. The average molecular weight is 226 g/mol. The molecule has 1 amide bonds. The minimum Gasteiger partial charge on any atom is -0.267 e. The average Bonchev–Trinajstić information content (AvgIpc) is 2.02. The molecule has 77 valence electrons. The molecule has 1 aliphatic rings. The Morgan fingerprint density at radius 2 is 1.86 bits per heavy atom. The lowest BCUT2D eigenvalue weighted by molar-refractivity contribution is -0.115. The molecular formula is C6H3F3NO3S. The first-order chi connectivity index (χ1) is 6.25. The van der Waals surface area contributed by atoms with Crippen LogP contribution in [0.4, 0.5) is 13.2 Å². The zero-order chi connectivity index (χ0) is 11.0. The summed E-state index contributed by atoms with van der Waals surface area (Å²) >= 11 is 0. The van der Waals surface area contributed by atoms with Crippen molar-refractivity contribution in [1.82, 2.24) is 5.32 Å². The number of sulfone groups is 1. The fourth-order valence-corrected chi connectivity index (χ4v) is 1.46. The molecule has 0 aromatic heterocycles. The molecule has 0 fully saturated rings. The number of carbonyl (C=O) groups is 1. The Hall–Kier alpha value is -1.31. The van der Waals surface area contributed by atoms with Crippen LogP contribution in [-0.2, 0) is 14.6 Å². The predicted octanol–water partition coefficient (Wildman–Crippen LogP) is 0.463. The normalized spacial score (nSPS) is 17.6. The lowest BCUT2D eigenvalue weighted by Crippen LogP contribution is -2.26. The van der Waals surface area contributed by atoms with Gasteiger partial charge in [0.2, 0.25) is 0 Å². The van der Waals surface area contributed by atoms with Gasteiger partial charge >= 0.3 is 5.51 Å². The number of nitrogens with zero attached hydrogens (tertiary/aromatic N) is 1. The molecule has 0 N–H and O–H groups in total. The van der Waals surface area contributed by atoms with Crippen LogP contribution in [0.15, 0.2) is 23.3 Å². The first-order valence-electron chi connectivity index (χ1n) is 3.19. The Kier molecular flexibility index (Phi) is 2.40. The minimum atomic E-state index is -5.44. The Bertz CT molecular complexity index is 418. The van der Waals surface area contributed by atoms with Crippen LogP contribution in [0, 0.1) is 0 Å². The second-order valence-corrected chi connectivity index (χ2v) is 4.22. The second-order valence-electron chi connectivity index (χ2n) is 2.28. The van der Waals surface area contributed by atoms with Gasteiger partial charge in [0.25, 0.3) is 15.7 Å². The number of amides is 1. The molecule has 1 heterocycles. The summed E-state index contributed by atoms with van der Waals surface area (Å²) in [4.78, 5) is 9.43. The zero-order valence-electron chi connectivity index (χ0n) is 6.45. The van der Waals surface area contributed by atoms with E-state index in [0.717, 1.165) is 0 Å². The maximum Gasteiger partial charge on any atom is 0.501 e.